The summed E-state index contributed by atoms with van der Waals surface area (Å²) in [6.45, 7) is 18.7. The van der Waals surface area contributed by atoms with Crippen molar-refractivity contribution in [2.75, 3.05) is 0 Å². The summed E-state index contributed by atoms with van der Waals surface area (Å²) < 4.78 is 2.74. The van der Waals surface area contributed by atoms with Gasteiger partial charge < -0.3 is 4.57 Å². The average Bonchev–Trinajstić information content (AvgIpc) is 2.29. The predicted octanol–water partition coefficient (Wildman–Crippen LogP) is 3.74. The van der Waals surface area contributed by atoms with E-state index in [1.54, 1.807) is 5.57 Å². The Morgan fingerprint density at radius 2 is 1.69 bits per heavy atom. The molecule has 1 aliphatic carbocycles. The van der Waals surface area contributed by atoms with Gasteiger partial charge in [-0.15, -0.1) is 0 Å². The Morgan fingerprint density at radius 1 is 1.19 bits per heavy atom. The zero-order valence-corrected chi connectivity index (χ0v) is 13.3. The Hall–Kier alpha value is -0.343. The predicted molar refractivity (Wildman–Crippen MR) is 76.4 cm³/mol. The monoisotopic (exact) mass is 237 g/mol. The van der Waals surface area contributed by atoms with Gasteiger partial charge in [0.25, 0.3) is 0 Å². The molecule has 2 heteroatoms. The Labute approximate surface area is 103 Å². The maximum atomic E-state index is 2.74. The third-order valence-electron chi connectivity index (χ3n) is 4.06. The van der Waals surface area contributed by atoms with Gasteiger partial charge in [0.05, 0.1) is 5.54 Å². The Bertz CT molecular complexity index is 331. The highest BCUT2D eigenvalue weighted by Crippen LogP contribution is 2.39. The van der Waals surface area contributed by atoms with Crippen molar-refractivity contribution in [1.29, 1.82) is 0 Å². The van der Waals surface area contributed by atoms with Crippen LogP contribution < -0.4 is 0 Å². The molecule has 0 fully saturated rings. The summed E-state index contributed by atoms with van der Waals surface area (Å²) in [5, 5.41) is 0. The molecule has 0 aromatic heterocycles. The summed E-state index contributed by atoms with van der Waals surface area (Å²) >= 11 is 0. The number of nitrogens with zero attached hydrogens (tertiary/aromatic N) is 1. The molecule has 0 N–H and O–H groups in total. The van der Waals surface area contributed by atoms with Gasteiger partial charge in [-0.3, -0.25) is 0 Å². The molecule has 0 saturated carbocycles. The fourth-order valence-corrected chi connectivity index (χ4v) is 5.78. The molecule has 1 atom stereocenters. The average molecular weight is 237 g/mol. The lowest BCUT2D eigenvalue weighted by Crippen LogP contribution is -2.54. The van der Waals surface area contributed by atoms with Gasteiger partial charge in [-0.25, -0.2) is 0 Å². The lowest BCUT2D eigenvalue weighted by Gasteiger charge is -2.44. The van der Waals surface area contributed by atoms with E-state index in [4.69, 9.17) is 0 Å². The molecule has 0 radical (unpaired) electrons. The first-order valence-corrected chi connectivity index (χ1v) is 9.20. The third-order valence-corrected chi connectivity index (χ3v) is 6.31. The van der Waals surface area contributed by atoms with Crippen molar-refractivity contribution in [2.24, 2.45) is 0 Å². The first kappa shape index (κ1) is 13.7. The number of rotatable bonds is 3. The zero-order chi connectivity index (χ0) is 12.7. The minimum Gasteiger partial charge on any atom is -0.313 e. The summed E-state index contributed by atoms with van der Waals surface area (Å²) in [6.07, 6.45) is 2.46. The van der Waals surface area contributed by atoms with Gasteiger partial charge in [-0.2, -0.15) is 0 Å². The molecule has 16 heavy (non-hydrogen) atoms. The highest BCUT2D eigenvalue weighted by molar-refractivity contribution is 6.53. The van der Waals surface area contributed by atoms with E-state index in [1.165, 1.54) is 11.1 Å². The highest BCUT2D eigenvalue weighted by atomic mass is 28.3. The van der Waals surface area contributed by atoms with Crippen molar-refractivity contribution in [2.45, 2.75) is 66.2 Å². The lowest BCUT2D eigenvalue weighted by atomic mass is 9.94. The van der Waals surface area contributed by atoms with E-state index in [0.717, 1.165) is 0 Å². The van der Waals surface area contributed by atoms with Crippen LogP contribution >= 0.6 is 0 Å². The van der Waals surface area contributed by atoms with Gasteiger partial charge in [0, 0.05) is 0 Å². The van der Waals surface area contributed by atoms with Crippen LogP contribution in [0.2, 0.25) is 13.1 Å². The quantitative estimate of drug-likeness (QED) is 0.676. The first-order chi connectivity index (χ1) is 7.21. The van der Waals surface area contributed by atoms with Crippen molar-refractivity contribution < 1.29 is 0 Å². The van der Waals surface area contributed by atoms with Crippen LogP contribution in [0, 0.1) is 0 Å². The topological polar surface area (TPSA) is 3.24 Å². The van der Waals surface area contributed by atoms with Gasteiger partial charge >= 0.3 is 0 Å². The van der Waals surface area contributed by atoms with E-state index in [-0.39, 0.29) is 5.54 Å². The Kier molecular flexibility index (Phi) is 3.86. The van der Waals surface area contributed by atoms with Crippen molar-refractivity contribution in [1.82, 2.24) is 4.57 Å². The van der Waals surface area contributed by atoms with E-state index in [9.17, 15) is 0 Å². The van der Waals surface area contributed by atoms with Crippen LogP contribution in [0.3, 0.4) is 0 Å². The Balaban J connectivity index is 3.21. The molecular formula is C14H27NSi. The van der Waals surface area contributed by atoms with Gasteiger partial charge in [-0.05, 0) is 44.9 Å². The standard InChI is InChI=1S/C14H27NSi/c1-10(2)15(16(7)8)14(6)9-11(3)12(4)13(14)5/h9-10,16H,1-8H3. The maximum absolute atomic E-state index is 2.74. The maximum Gasteiger partial charge on any atom is 0.107 e. The fraction of sp³-hybridized carbons (Fsp3) is 0.714. The summed E-state index contributed by atoms with van der Waals surface area (Å²) in [5.41, 5.74) is 4.66. The molecule has 0 saturated heterocycles. The minimum absolute atomic E-state index is 0.169. The van der Waals surface area contributed by atoms with E-state index >= 15 is 0 Å². The van der Waals surface area contributed by atoms with Crippen LogP contribution in [-0.2, 0) is 0 Å². The molecule has 1 rings (SSSR count). The molecule has 0 spiro atoms. The first-order valence-electron chi connectivity index (χ1n) is 6.38. The van der Waals surface area contributed by atoms with E-state index in [2.05, 4.69) is 65.3 Å². The van der Waals surface area contributed by atoms with Gasteiger partial charge in [0.2, 0.25) is 0 Å². The minimum atomic E-state index is -0.802. The second-order valence-electron chi connectivity index (χ2n) is 5.82. The molecule has 0 aromatic carbocycles. The van der Waals surface area contributed by atoms with Crippen LogP contribution in [0.4, 0.5) is 0 Å². The largest absolute Gasteiger partial charge is 0.313 e. The normalized spacial score (nSPS) is 26.3. The smallest absolute Gasteiger partial charge is 0.107 e. The second kappa shape index (κ2) is 4.50. The molecular weight excluding hydrogens is 210 g/mol. The molecule has 0 aromatic rings. The Morgan fingerprint density at radius 3 is 1.94 bits per heavy atom. The zero-order valence-electron chi connectivity index (χ0n) is 12.2. The number of hydrogen-bond donors (Lipinski definition) is 0. The molecule has 1 unspecified atom stereocenters. The second-order valence-corrected chi connectivity index (χ2v) is 8.56. The highest BCUT2D eigenvalue weighted by Gasteiger charge is 2.39. The molecule has 92 valence electrons. The van der Waals surface area contributed by atoms with Gasteiger partial charge in [0.1, 0.15) is 8.96 Å². The summed E-state index contributed by atoms with van der Waals surface area (Å²) in [7, 11) is -0.802. The van der Waals surface area contributed by atoms with Crippen molar-refractivity contribution in [3.05, 3.63) is 22.8 Å². The lowest BCUT2D eigenvalue weighted by molar-refractivity contribution is 0.253. The number of hydrogen-bond acceptors (Lipinski definition) is 1. The summed E-state index contributed by atoms with van der Waals surface area (Å²) in [4.78, 5) is 0. The van der Waals surface area contributed by atoms with Crippen molar-refractivity contribution in [3.8, 4) is 0 Å². The molecule has 0 aliphatic heterocycles. The van der Waals surface area contributed by atoms with Crippen LogP contribution in [0.15, 0.2) is 22.8 Å². The summed E-state index contributed by atoms with van der Waals surface area (Å²) in [5.74, 6) is 0. The van der Waals surface area contributed by atoms with Crippen LogP contribution in [-0.4, -0.2) is 25.1 Å². The molecule has 0 amide bonds. The van der Waals surface area contributed by atoms with Gasteiger partial charge in [0.15, 0.2) is 0 Å². The third kappa shape index (κ3) is 2.05. The molecule has 1 nitrogen and oxygen atoms in total. The van der Waals surface area contributed by atoms with Gasteiger partial charge in [-0.1, -0.05) is 38.6 Å². The fourth-order valence-electron chi connectivity index (χ4n) is 3.25. The van der Waals surface area contributed by atoms with E-state index in [0.29, 0.717) is 6.04 Å². The molecule has 0 heterocycles. The van der Waals surface area contributed by atoms with E-state index < -0.39 is 8.96 Å². The number of allylic oxidation sites excluding steroid dienone is 2. The van der Waals surface area contributed by atoms with E-state index in [1.807, 2.05) is 0 Å². The van der Waals surface area contributed by atoms with Crippen LogP contribution in [0.5, 0.6) is 0 Å². The van der Waals surface area contributed by atoms with Crippen molar-refractivity contribution in [3.63, 3.8) is 0 Å². The summed E-state index contributed by atoms with van der Waals surface area (Å²) in [6, 6.07) is 0.626. The van der Waals surface area contributed by atoms with Crippen LogP contribution in [0.1, 0.15) is 41.5 Å². The van der Waals surface area contributed by atoms with Crippen molar-refractivity contribution >= 4 is 8.96 Å². The molecule has 0 bridgehead atoms. The SMILES string of the molecule is CC1=CC(C)(N(C(C)C)[SiH](C)C)C(C)=C1C. The molecule has 1 aliphatic rings. The van der Waals surface area contributed by atoms with Crippen LogP contribution in [0.25, 0.3) is 0 Å².